The van der Waals surface area contributed by atoms with E-state index in [-0.39, 0.29) is 10.6 Å². The van der Waals surface area contributed by atoms with E-state index in [1.165, 1.54) is 18.2 Å². The Labute approximate surface area is 133 Å². The Balaban J connectivity index is 2.06. The number of benzene rings is 1. The van der Waals surface area contributed by atoms with E-state index in [2.05, 4.69) is 29.5 Å². The number of amides is 1. The first-order valence-corrected chi connectivity index (χ1v) is 7.30. The minimum absolute atomic E-state index is 0.0627. The molecule has 0 fully saturated rings. The fourth-order valence-electron chi connectivity index (χ4n) is 1.79. The van der Waals surface area contributed by atoms with Crippen molar-refractivity contribution in [3.63, 3.8) is 0 Å². The second-order valence-corrected chi connectivity index (χ2v) is 5.66. The third-order valence-corrected chi connectivity index (χ3v) is 3.22. The van der Waals surface area contributed by atoms with Crippen LogP contribution in [0.2, 0.25) is 5.02 Å². The van der Waals surface area contributed by atoms with Gasteiger partial charge in [0, 0.05) is 6.54 Å². The van der Waals surface area contributed by atoms with E-state index in [1.807, 2.05) is 0 Å². The molecule has 0 aliphatic carbocycles. The summed E-state index contributed by atoms with van der Waals surface area (Å²) in [6.07, 6.45) is 1.61. The summed E-state index contributed by atoms with van der Waals surface area (Å²) >= 11 is 5.86. The lowest BCUT2D eigenvalue weighted by Gasteiger charge is -2.10. The number of carbonyl (C=O) groups excluding carboxylic acids is 1. The van der Waals surface area contributed by atoms with E-state index in [4.69, 9.17) is 11.6 Å². The van der Waals surface area contributed by atoms with Crippen molar-refractivity contribution in [3.05, 3.63) is 52.9 Å². The molecule has 0 atom stereocenters. The second-order valence-electron chi connectivity index (χ2n) is 5.26. The van der Waals surface area contributed by atoms with Crippen LogP contribution in [0.15, 0.2) is 36.5 Å². The molecule has 6 heteroatoms. The third-order valence-electron chi connectivity index (χ3n) is 2.91. The quantitative estimate of drug-likeness (QED) is 0.868. The zero-order valence-corrected chi connectivity index (χ0v) is 13.1. The molecule has 0 aliphatic rings. The molecule has 1 amide bonds. The lowest BCUT2D eigenvalue weighted by atomic mass is 10.2. The maximum absolute atomic E-state index is 13.7. The van der Waals surface area contributed by atoms with E-state index in [9.17, 15) is 9.18 Å². The second kappa shape index (κ2) is 7.22. The van der Waals surface area contributed by atoms with Crippen LogP contribution in [-0.4, -0.2) is 17.4 Å². The molecule has 0 aliphatic heterocycles. The predicted molar refractivity (Wildman–Crippen MR) is 86.9 cm³/mol. The Morgan fingerprint density at radius 3 is 2.68 bits per heavy atom. The maximum Gasteiger partial charge on any atom is 0.261 e. The summed E-state index contributed by atoms with van der Waals surface area (Å²) in [6.45, 7) is 5.04. The van der Waals surface area contributed by atoms with Gasteiger partial charge in [0.25, 0.3) is 5.91 Å². The fourth-order valence-corrected chi connectivity index (χ4v) is 2.04. The zero-order chi connectivity index (χ0) is 16.1. The molecule has 22 heavy (non-hydrogen) atoms. The number of halogens is 2. The van der Waals surface area contributed by atoms with E-state index in [1.54, 1.807) is 18.3 Å². The average molecular weight is 322 g/mol. The van der Waals surface area contributed by atoms with Crippen LogP contribution < -0.4 is 10.6 Å². The number of nitrogens with zero attached hydrogens (tertiary/aromatic N) is 1. The molecule has 0 unspecified atom stereocenters. The Kier molecular flexibility index (Phi) is 5.33. The molecule has 0 spiro atoms. The first kappa shape index (κ1) is 16.2. The number of aromatic nitrogens is 1. The molecular weight excluding hydrogens is 305 g/mol. The van der Waals surface area contributed by atoms with Crippen molar-refractivity contribution in [2.45, 2.75) is 13.8 Å². The fraction of sp³-hybridized carbons (Fsp3) is 0.250. The van der Waals surface area contributed by atoms with E-state index < -0.39 is 11.7 Å². The van der Waals surface area contributed by atoms with E-state index in [0.717, 1.165) is 12.2 Å². The molecule has 0 saturated heterocycles. The molecule has 0 radical (unpaired) electrons. The standard InChI is InChI=1S/C16H17ClFN3O/c1-10(2)8-19-11-6-7-14(20-9-11)21-16(22)15-12(17)4-3-5-13(15)18/h3-7,9-10,19H,8H2,1-2H3,(H,20,21,22). The van der Waals surface area contributed by atoms with Gasteiger partial charge in [-0.25, -0.2) is 9.37 Å². The Bertz CT molecular complexity index is 639. The summed E-state index contributed by atoms with van der Waals surface area (Å²) in [5, 5.41) is 5.81. The minimum atomic E-state index is -0.666. The number of hydrogen-bond acceptors (Lipinski definition) is 3. The highest BCUT2D eigenvalue weighted by Crippen LogP contribution is 2.20. The average Bonchev–Trinajstić information content (AvgIpc) is 2.46. The molecule has 1 aromatic carbocycles. The summed E-state index contributed by atoms with van der Waals surface area (Å²) in [4.78, 5) is 16.2. The van der Waals surface area contributed by atoms with Crippen LogP contribution >= 0.6 is 11.6 Å². The highest BCUT2D eigenvalue weighted by molar-refractivity contribution is 6.34. The number of hydrogen-bond donors (Lipinski definition) is 2. The Hall–Kier alpha value is -2.14. The van der Waals surface area contributed by atoms with Gasteiger partial charge in [0.2, 0.25) is 0 Å². The topological polar surface area (TPSA) is 54.0 Å². The lowest BCUT2D eigenvalue weighted by molar-refractivity contribution is 0.102. The van der Waals surface area contributed by atoms with Gasteiger partial charge in [-0.15, -0.1) is 0 Å². The van der Waals surface area contributed by atoms with Gasteiger partial charge in [-0.05, 0) is 30.2 Å². The van der Waals surface area contributed by atoms with Crippen molar-refractivity contribution in [1.82, 2.24) is 4.98 Å². The number of carbonyl (C=O) groups is 1. The Morgan fingerprint density at radius 1 is 1.32 bits per heavy atom. The number of pyridine rings is 1. The summed E-state index contributed by atoms with van der Waals surface area (Å²) in [7, 11) is 0. The molecule has 116 valence electrons. The maximum atomic E-state index is 13.7. The molecule has 1 heterocycles. The van der Waals surface area contributed by atoms with Gasteiger partial charge in [0.1, 0.15) is 11.6 Å². The van der Waals surface area contributed by atoms with Gasteiger partial charge < -0.3 is 10.6 Å². The van der Waals surface area contributed by atoms with Gasteiger partial charge in [-0.1, -0.05) is 31.5 Å². The SMILES string of the molecule is CC(C)CNc1ccc(NC(=O)c2c(F)cccc2Cl)nc1. The first-order valence-electron chi connectivity index (χ1n) is 6.92. The first-order chi connectivity index (χ1) is 10.5. The number of nitrogens with one attached hydrogen (secondary N) is 2. The highest BCUT2D eigenvalue weighted by Gasteiger charge is 2.16. The lowest BCUT2D eigenvalue weighted by Crippen LogP contribution is -2.15. The predicted octanol–water partition coefficient (Wildman–Crippen LogP) is 4.19. The van der Waals surface area contributed by atoms with Gasteiger partial charge in [-0.2, -0.15) is 0 Å². The van der Waals surface area contributed by atoms with Crippen molar-refractivity contribution >= 4 is 29.0 Å². The highest BCUT2D eigenvalue weighted by atomic mass is 35.5. The Morgan fingerprint density at radius 2 is 2.09 bits per heavy atom. The van der Waals surface area contributed by atoms with Crippen molar-refractivity contribution in [2.75, 3.05) is 17.2 Å². The molecule has 0 saturated carbocycles. The third kappa shape index (κ3) is 4.18. The summed E-state index contributed by atoms with van der Waals surface area (Å²) in [5.74, 6) is -0.444. The van der Waals surface area contributed by atoms with Crippen LogP contribution in [0.1, 0.15) is 24.2 Å². The van der Waals surface area contributed by atoms with Crippen LogP contribution in [0, 0.1) is 11.7 Å². The molecule has 4 nitrogen and oxygen atoms in total. The van der Waals surface area contributed by atoms with Gasteiger partial charge in [0.15, 0.2) is 0 Å². The molecule has 2 aromatic rings. The number of anilines is 2. The van der Waals surface area contributed by atoms with Crippen molar-refractivity contribution < 1.29 is 9.18 Å². The van der Waals surface area contributed by atoms with Gasteiger partial charge >= 0.3 is 0 Å². The molecule has 1 aromatic heterocycles. The molecule has 2 rings (SSSR count). The monoisotopic (exact) mass is 321 g/mol. The van der Waals surface area contributed by atoms with Crippen LogP contribution in [0.3, 0.4) is 0 Å². The summed E-state index contributed by atoms with van der Waals surface area (Å²) in [6, 6.07) is 7.55. The smallest absolute Gasteiger partial charge is 0.261 e. The van der Waals surface area contributed by atoms with E-state index >= 15 is 0 Å². The van der Waals surface area contributed by atoms with Crippen molar-refractivity contribution in [3.8, 4) is 0 Å². The molecular formula is C16H17ClFN3O. The summed E-state index contributed by atoms with van der Waals surface area (Å²) in [5.41, 5.74) is 0.670. The summed E-state index contributed by atoms with van der Waals surface area (Å²) < 4.78 is 13.7. The molecule has 0 bridgehead atoms. The minimum Gasteiger partial charge on any atom is -0.384 e. The number of rotatable bonds is 5. The zero-order valence-electron chi connectivity index (χ0n) is 12.4. The van der Waals surface area contributed by atoms with Crippen molar-refractivity contribution in [1.29, 1.82) is 0 Å². The van der Waals surface area contributed by atoms with Crippen LogP contribution in [-0.2, 0) is 0 Å². The van der Waals surface area contributed by atoms with Crippen molar-refractivity contribution in [2.24, 2.45) is 5.92 Å². The normalized spacial score (nSPS) is 10.6. The van der Waals surface area contributed by atoms with E-state index in [0.29, 0.717) is 11.7 Å². The van der Waals surface area contributed by atoms with Crippen LogP contribution in [0.25, 0.3) is 0 Å². The van der Waals surface area contributed by atoms with Gasteiger partial charge in [-0.3, -0.25) is 4.79 Å². The molecule has 2 N–H and O–H groups in total. The largest absolute Gasteiger partial charge is 0.384 e. The van der Waals surface area contributed by atoms with Crippen LogP contribution in [0.5, 0.6) is 0 Å². The van der Waals surface area contributed by atoms with Crippen LogP contribution in [0.4, 0.5) is 15.9 Å². The van der Waals surface area contributed by atoms with Gasteiger partial charge in [0.05, 0.1) is 22.5 Å².